The Morgan fingerprint density at radius 1 is 1.19 bits per heavy atom. The van der Waals surface area contributed by atoms with E-state index in [1.54, 1.807) is 4.57 Å². The molecule has 2 heterocycles. The Hall–Kier alpha value is -1.95. The number of anilines is 1. The van der Waals surface area contributed by atoms with Gasteiger partial charge in [-0.2, -0.15) is 4.98 Å². The Morgan fingerprint density at radius 3 is 2.67 bits per heavy atom. The van der Waals surface area contributed by atoms with Crippen LogP contribution in [0.3, 0.4) is 0 Å². The summed E-state index contributed by atoms with van der Waals surface area (Å²) in [5, 5.41) is 10.8. The molecule has 0 spiro atoms. The van der Waals surface area contributed by atoms with E-state index in [2.05, 4.69) is 9.97 Å². The minimum Gasteiger partial charge on any atom is -0.391 e. The summed E-state index contributed by atoms with van der Waals surface area (Å²) in [6.07, 6.45) is 4.18. The van der Waals surface area contributed by atoms with Gasteiger partial charge in [-0.1, -0.05) is 0 Å². The SMILES string of the molecule is Nc1nc(=O)n(C2CCC[C@H]2O)c2nc(C3CC3)ccc12. The molecule has 4 rings (SSSR count). The number of aromatic nitrogens is 3. The molecule has 2 aromatic heterocycles. The lowest BCUT2D eigenvalue weighted by Crippen LogP contribution is -2.32. The molecule has 6 heteroatoms. The highest BCUT2D eigenvalue weighted by Gasteiger charge is 2.31. The first-order valence-electron chi connectivity index (χ1n) is 7.52. The summed E-state index contributed by atoms with van der Waals surface area (Å²) in [4.78, 5) is 20.9. The molecule has 2 aliphatic rings. The molecule has 0 aromatic carbocycles. The number of hydrogen-bond acceptors (Lipinski definition) is 5. The van der Waals surface area contributed by atoms with E-state index >= 15 is 0 Å². The van der Waals surface area contributed by atoms with Crippen molar-refractivity contribution >= 4 is 16.9 Å². The van der Waals surface area contributed by atoms with Gasteiger partial charge in [-0.25, -0.2) is 9.78 Å². The molecule has 0 saturated heterocycles. The molecule has 2 aromatic rings. The second-order valence-electron chi connectivity index (χ2n) is 6.10. The van der Waals surface area contributed by atoms with Gasteiger partial charge in [0.2, 0.25) is 0 Å². The van der Waals surface area contributed by atoms with E-state index in [1.165, 1.54) is 0 Å². The molecule has 21 heavy (non-hydrogen) atoms. The lowest BCUT2D eigenvalue weighted by molar-refractivity contribution is 0.136. The zero-order valence-electron chi connectivity index (χ0n) is 11.7. The summed E-state index contributed by atoms with van der Waals surface area (Å²) in [6.45, 7) is 0. The number of aliphatic hydroxyl groups excluding tert-OH is 1. The second kappa shape index (κ2) is 4.53. The van der Waals surface area contributed by atoms with Crippen LogP contribution in [-0.2, 0) is 0 Å². The van der Waals surface area contributed by atoms with Crippen molar-refractivity contribution in [2.75, 3.05) is 5.73 Å². The smallest absolute Gasteiger partial charge is 0.351 e. The fourth-order valence-electron chi connectivity index (χ4n) is 3.28. The van der Waals surface area contributed by atoms with Crippen molar-refractivity contribution in [1.29, 1.82) is 0 Å². The number of rotatable bonds is 2. The molecule has 0 radical (unpaired) electrons. The molecule has 2 aliphatic carbocycles. The second-order valence-corrected chi connectivity index (χ2v) is 6.10. The normalized spacial score (nSPS) is 25.6. The third-order valence-corrected chi connectivity index (χ3v) is 4.59. The fourth-order valence-corrected chi connectivity index (χ4v) is 3.28. The molecule has 0 aliphatic heterocycles. The van der Waals surface area contributed by atoms with E-state index in [4.69, 9.17) is 5.73 Å². The third kappa shape index (κ3) is 2.01. The van der Waals surface area contributed by atoms with Crippen LogP contribution in [0.1, 0.15) is 49.8 Å². The molecular weight excluding hydrogens is 268 g/mol. The van der Waals surface area contributed by atoms with Gasteiger partial charge in [-0.15, -0.1) is 0 Å². The van der Waals surface area contributed by atoms with Crippen LogP contribution < -0.4 is 11.4 Å². The minimum absolute atomic E-state index is 0.216. The van der Waals surface area contributed by atoms with Crippen LogP contribution in [-0.4, -0.2) is 25.7 Å². The van der Waals surface area contributed by atoms with E-state index < -0.39 is 11.8 Å². The number of fused-ring (bicyclic) bond motifs is 1. The maximum Gasteiger partial charge on any atom is 0.351 e. The Kier molecular flexibility index (Phi) is 2.75. The molecule has 1 unspecified atom stereocenters. The molecule has 0 amide bonds. The maximum absolute atomic E-state index is 12.3. The zero-order valence-corrected chi connectivity index (χ0v) is 11.7. The highest BCUT2D eigenvalue weighted by molar-refractivity contribution is 5.85. The first-order chi connectivity index (χ1) is 10.1. The van der Waals surface area contributed by atoms with Crippen LogP contribution in [0, 0.1) is 0 Å². The van der Waals surface area contributed by atoms with E-state index in [-0.39, 0.29) is 11.9 Å². The summed E-state index contributed by atoms with van der Waals surface area (Å²) < 4.78 is 1.55. The number of nitrogens with zero attached hydrogens (tertiary/aromatic N) is 3. The van der Waals surface area contributed by atoms with Crippen LogP contribution in [0.15, 0.2) is 16.9 Å². The summed E-state index contributed by atoms with van der Waals surface area (Å²) in [5.41, 5.74) is 7.04. The molecule has 0 bridgehead atoms. The predicted octanol–water partition coefficient (Wildman–Crippen LogP) is 1.34. The van der Waals surface area contributed by atoms with Crippen LogP contribution in [0.25, 0.3) is 11.0 Å². The van der Waals surface area contributed by atoms with Crippen molar-refractivity contribution in [1.82, 2.24) is 14.5 Å². The fraction of sp³-hybridized carbons (Fsp3) is 0.533. The summed E-state index contributed by atoms with van der Waals surface area (Å²) in [5.74, 6) is 0.717. The van der Waals surface area contributed by atoms with Crippen LogP contribution in [0.4, 0.5) is 5.82 Å². The first-order valence-corrected chi connectivity index (χ1v) is 7.52. The lowest BCUT2D eigenvalue weighted by Gasteiger charge is -2.19. The van der Waals surface area contributed by atoms with Gasteiger partial charge in [0.25, 0.3) is 0 Å². The van der Waals surface area contributed by atoms with Gasteiger partial charge in [0.1, 0.15) is 11.5 Å². The Labute approximate surface area is 121 Å². The topological polar surface area (TPSA) is 94.0 Å². The Balaban J connectivity index is 1.98. The van der Waals surface area contributed by atoms with Crippen molar-refractivity contribution in [3.8, 4) is 0 Å². The molecule has 110 valence electrons. The van der Waals surface area contributed by atoms with Gasteiger partial charge in [-0.3, -0.25) is 4.57 Å². The quantitative estimate of drug-likeness (QED) is 0.868. The van der Waals surface area contributed by atoms with Crippen molar-refractivity contribution in [3.05, 3.63) is 28.3 Å². The van der Waals surface area contributed by atoms with Gasteiger partial charge in [0.15, 0.2) is 0 Å². The average molecular weight is 286 g/mol. The van der Waals surface area contributed by atoms with Crippen molar-refractivity contribution in [2.45, 2.75) is 50.2 Å². The van der Waals surface area contributed by atoms with Crippen LogP contribution in [0.2, 0.25) is 0 Å². The van der Waals surface area contributed by atoms with E-state index in [0.717, 1.165) is 31.4 Å². The van der Waals surface area contributed by atoms with E-state index in [9.17, 15) is 9.90 Å². The largest absolute Gasteiger partial charge is 0.391 e. The Morgan fingerprint density at radius 2 is 2.00 bits per heavy atom. The maximum atomic E-state index is 12.3. The van der Waals surface area contributed by atoms with Gasteiger partial charge < -0.3 is 10.8 Å². The van der Waals surface area contributed by atoms with Gasteiger partial charge in [0, 0.05) is 11.6 Å². The monoisotopic (exact) mass is 286 g/mol. The number of nitrogen functional groups attached to an aromatic ring is 1. The highest BCUT2D eigenvalue weighted by atomic mass is 16.3. The van der Waals surface area contributed by atoms with Crippen LogP contribution >= 0.6 is 0 Å². The van der Waals surface area contributed by atoms with Crippen molar-refractivity contribution < 1.29 is 5.11 Å². The predicted molar refractivity (Wildman–Crippen MR) is 79.1 cm³/mol. The summed E-state index contributed by atoms with van der Waals surface area (Å²) in [7, 11) is 0. The molecule has 2 fully saturated rings. The third-order valence-electron chi connectivity index (χ3n) is 4.59. The lowest BCUT2D eigenvalue weighted by atomic mass is 10.2. The first kappa shape index (κ1) is 12.8. The zero-order chi connectivity index (χ0) is 14.6. The highest BCUT2D eigenvalue weighted by Crippen LogP contribution is 2.40. The molecule has 2 saturated carbocycles. The number of hydrogen-bond donors (Lipinski definition) is 2. The summed E-state index contributed by atoms with van der Waals surface area (Å²) >= 11 is 0. The average Bonchev–Trinajstić information content (AvgIpc) is 3.23. The molecule has 6 nitrogen and oxygen atoms in total. The molecular formula is C15H18N4O2. The van der Waals surface area contributed by atoms with E-state index in [0.29, 0.717) is 23.4 Å². The van der Waals surface area contributed by atoms with Crippen molar-refractivity contribution in [3.63, 3.8) is 0 Å². The van der Waals surface area contributed by atoms with Gasteiger partial charge >= 0.3 is 5.69 Å². The number of aliphatic hydroxyl groups is 1. The van der Waals surface area contributed by atoms with Crippen molar-refractivity contribution in [2.24, 2.45) is 0 Å². The number of nitrogens with two attached hydrogens (primary N) is 1. The molecule has 3 N–H and O–H groups in total. The Bertz CT molecular complexity index is 766. The van der Waals surface area contributed by atoms with Gasteiger partial charge in [-0.05, 0) is 44.2 Å². The minimum atomic E-state index is -0.511. The standard InChI is InChI=1S/C15H18N4O2/c16-13-9-6-7-10(8-4-5-8)17-14(9)19(15(21)18-13)11-2-1-3-12(11)20/h6-8,11-12,20H,1-5H2,(H2,16,18,21)/t11?,12-/m1/s1. The van der Waals surface area contributed by atoms with Crippen LogP contribution in [0.5, 0.6) is 0 Å². The molecule has 2 atom stereocenters. The van der Waals surface area contributed by atoms with Gasteiger partial charge in [0.05, 0.1) is 17.5 Å². The number of pyridine rings is 1. The summed E-state index contributed by atoms with van der Waals surface area (Å²) in [6, 6.07) is 3.63. The van der Waals surface area contributed by atoms with E-state index in [1.807, 2.05) is 12.1 Å².